The molecule has 1 aliphatic heterocycles. The smallest absolute Gasteiger partial charge is 0.340 e. The number of likely N-dealkylation sites (tertiary alicyclic amines) is 1. The van der Waals surface area contributed by atoms with Gasteiger partial charge in [0, 0.05) is 19.4 Å². The molecule has 0 aliphatic carbocycles. The van der Waals surface area contributed by atoms with Gasteiger partial charge in [-0.15, -0.1) is 0 Å². The Bertz CT molecular complexity index is 636. The first kappa shape index (κ1) is 15.0. The van der Waals surface area contributed by atoms with Gasteiger partial charge < -0.3 is 9.51 Å². The number of aryl methyl sites for hydroxylation is 1. The van der Waals surface area contributed by atoms with Crippen LogP contribution in [0.3, 0.4) is 0 Å². The number of hydrogen-bond acceptors (Lipinski definition) is 5. The van der Waals surface area contributed by atoms with Gasteiger partial charge >= 0.3 is 6.18 Å². The number of aromatic nitrogens is 4. The summed E-state index contributed by atoms with van der Waals surface area (Å²) >= 11 is 0. The first-order valence-electron chi connectivity index (χ1n) is 7.05. The molecule has 2 aromatic rings. The molecule has 3 heterocycles. The van der Waals surface area contributed by atoms with Gasteiger partial charge in [0.2, 0.25) is 5.89 Å². The van der Waals surface area contributed by atoms with Crippen LogP contribution in [0.4, 0.5) is 13.2 Å². The monoisotopic (exact) mass is 315 g/mol. The summed E-state index contributed by atoms with van der Waals surface area (Å²) in [6.45, 7) is 3.73. The van der Waals surface area contributed by atoms with E-state index in [0.717, 1.165) is 25.6 Å². The summed E-state index contributed by atoms with van der Waals surface area (Å²) < 4.78 is 42.8. The maximum atomic E-state index is 12.6. The van der Waals surface area contributed by atoms with Gasteiger partial charge in [-0.3, -0.25) is 4.90 Å². The van der Waals surface area contributed by atoms with Gasteiger partial charge in [-0.1, -0.05) is 5.16 Å². The molecule has 3 rings (SSSR count). The third kappa shape index (κ3) is 3.29. The molecule has 0 amide bonds. The molecule has 0 radical (unpaired) electrons. The van der Waals surface area contributed by atoms with Crippen LogP contribution in [-0.2, 0) is 12.7 Å². The van der Waals surface area contributed by atoms with Crippen molar-refractivity contribution in [1.29, 1.82) is 0 Å². The number of halogens is 3. The summed E-state index contributed by atoms with van der Waals surface area (Å²) in [6, 6.07) is 0. The highest BCUT2D eigenvalue weighted by molar-refractivity contribution is 5.09. The molecule has 6 nitrogen and oxygen atoms in total. The molecule has 2 aromatic heterocycles. The molecule has 0 bridgehead atoms. The van der Waals surface area contributed by atoms with Crippen LogP contribution in [0.1, 0.15) is 42.0 Å². The van der Waals surface area contributed by atoms with Gasteiger partial charge in [0.1, 0.15) is 11.5 Å². The molecule has 0 aromatic carbocycles. The zero-order valence-electron chi connectivity index (χ0n) is 12.0. The van der Waals surface area contributed by atoms with Crippen LogP contribution < -0.4 is 0 Å². The lowest BCUT2D eigenvalue weighted by Gasteiger charge is -2.30. The molecule has 120 valence electrons. The van der Waals surface area contributed by atoms with Gasteiger partial charge in [-0.05, 0) is 19.4 Å². The Hall–Kier alpha value is -1.90. The molecule has 22 heavy (non-hydrogen) atoms. The highest BCUT2D eigenvalue weighted by atomic mass is 19.4. The van der Waals surface area contributed by atoms with E-state index in [-0.39, 0.29) is 5.92 Å². The van der Waals surface area contributed by atoms with Gasteiger partial charge in [0.05, 0.1) is 12.7 Å². The number of alkyl halides is 3. The predicted molar refractivity (Wildman–Crippen MR) is 69.9 cm³/mol. The number of hydrogen-bond donors (Lipinski definition) is 1. The standard InChI is InChI=1S/C13H16F3N5O/c1-8-18-11(20-22-8)7-21-4-2-3-9(6-21)12-17-5-10(19-12)13(14,15)16/h5,9H,2-4,6-7H2,1H3,(H,17,19)/t9-/m0/s1. The summed E-state index contributed by atoms with van der Waals surface area (Å²) in [4.78, 5) is 12.6. The number of H-pyrrole nitrogens is 1. The number of piperidine rings is 1. The molecule has 0 saturated carbocycles. The Morgan fingerprint density at radius 2 is 2.27 bits per heavy atom. The Kier molecular flexibility index (Phi) is 3.90. The maximum Gasteiger partial charge on any atom is 0.432 e. The second kappa shape index (κ2) is 5.71. The number of aromatic amines is 1. The normalized spacial score (nSPS) is 20.5. The maximum absolute atomic E-state index is 12.6. The fourth-order valence-corrected chi connectivity index (χ4v) is 2.72. The highest BCUT2D eigenvalue weighted by Crippen LogP contribution is 2.31. The van der Waals surface area contributed by atoms with E-state index in [2.05, 4.69) is 25.0 Å². The van der Waals surface area contributed by atoms with Crippen molar-refractivity contribution in [1.82, 2.24) is 25.0 Å². The average Bonchev–Trinajstić information content (AvgIpc) is 3.08. The predicted octanol–water partition coefficient (Wildman–Crippen LogP) is 2.50. The molecular formula is C13H16F3N5O. The van der Waals surface area contributed by atoms with E-state index in [1.807, 2.05) is 0 Å². The van der Waals surface area contributed by atoms with Gasteiger partial charge in [0.15, 0.2) is 5.82 Å². The van der Waals surface area contributed by atoms with E-state index in [1.165, 1.54) is 0 Å². The third-order valence-electron chi connectivity index (χ3n) is 3.73. The summed E-state index contributed by atoms with van der Waals surface area (Å²) in [5, 5.41) is 3.84. The van der Waals surface area contributed by atoms with Crippen molar-refractivity contribution in [2.45, 2.75) is 38.4 Å². The summed E-state index contributed by atoms with van der Waals surface area (Å²) in [5.74, 6) is 1.44. The van der Waals surface area contributed by atoms with Gasteiger partial charge in [-0.2, -0.15) is 18.2 Å². The fourth-order valence-electron chi connectivity index (χ4n) is 2.72. The van der Waals surface area contributed by atoms with E-state index < -0.39 is 11.9 Å². The quantitative estimate of drug-likeness (QED) is 0.942. The topological polar surface area (TPSA) is 70.8 Å². The zero-order chi connectivity index (χ0) is 15.7. The van der Waals surface area contributed by atoms with E-state index in [0.29, 0.717) is 30.6 Å². The SMILES string of the molecule is Cc1nc(CN2CCC[C@H](c3ncc(C(F)(F)F)[nH]3)C2)no1. The summed E-state index contributed by atoms with van der Waals surface area (Å²) in [5.41, 5.74) is -0.798. The van der Waals surface area contributed by atoms with Crippen LogP contribution >= 0.6 is 0 Å². The highest BCUT2D eigenvalue weighted by Gasteiger charge is 2.34. The lowest BCUT2D eigenvalue weighted by atomic mass is 9.97. The van der Waals surface area contributed by atoms with Crippen molar-refractivity contribution < 1.29 is 17.7 Å². The molecule has 9 heteroatoms. The first-order chi connectivity index (χ1) is 10.4. The Morgan fingerprint density at radius 3 is 2.91 bits per heavy atom. The molecule has 1 fully saturated rings. The molecule has 1 saturated heterocycles. The minimum absolute atomic E-state index is 0.0437. The Labute approximate surface area is 124 Å². The van der Waals surface area contributed by atoms with Crippen LogP contribution in [-0.4, -0.2) is 38.1 Å². The van der Waals surface area contributed by atoms with Crippen LogP contribution in [0.5, 0.6) is 0 Å². The van der Waals surface area contributed by atoms with E-state index in [9.17, 15) is 13.2 Å². The Balaban J connectivity index is 1.66. The molecule has 0 spiro atoms. The van der Waals surface area contributed by atoms with Gasteiger partial charge in [0.25, 0.3) is 0 Å². The molecule has 0 unspecified atom stereocenters. The second-order valence-electron chi connectivity index (χ2n) is 5.48. The molecule has 1 atom stereocenters. The zero-order valence-corrected chi connectivity index (χ0v) is 12.0. The van der Waals surface area contributed by atoms with Crippen molar-refractivity contribution in [2.75, 3.05) is 13.1 Å². The van der Waals surface area contributed by atoms with Crippen LogP contribution in [0.15, 0.2) is 10.7 Å². The van der Waals surface area contributed by atoms with Crippen molar-refractivity contribution in [2.24, 2.45) is 0 Å². The van der Waals surface area contributed by atoms with E-state index >= 15 is 0 Å². The number of nitrogens with zero attached hydrogens (tertiary/aromatic N) is 4. The molecule has 1 N–H and O–H groups in total. The minimum atomic E-state index is -4.39. The largest absolute Gasteiger partial charge is 0.432 e. The molecule has 1 aliphatic rings. The lowest BCUT2D eigenvalue weighted by molar-refractivity contribution is -0.141. The number of rotatable bonds is 3. The van der Waals surface area contributed by atoms with Crippen molar-refractivity contribution >= 4 is 0 Å². The first-order valence-corrected chi connectivity index (χ1v) is 7.05. The lowest BCUT2D eigenvalue weighted by Crippen LogP contribution is -2.34. The van der Waals surface area contributed by atoms with Crippen LogP contribution in [0.2, 0.25) is 0 Å². The third-order valence-corrected chi connectivity index (χ3v) is 3.73. The van der Waals surface area contributed by atoms with Crippen LogP contribution in [0.25, 0.3) is 0 Å². The summed E-state index contributed by atoms with van der Waals surface area (Å²) in [6.07, 6.45) is -1.82. The van der Waals surface area contributed by atoms with Crippen molar-refractivity contribution in [3.63, 3.8) is 0 Å². The minimum Gasteiger partial charge on any atom is -0.340 e. The summed E-state index contributed by atoms with van der Waals surface area (Å²) in [7, 11) is 0. The fraction of sp³-hybridized carbons (Fsp3) is 0.615. The second-order valence-corrected chi connectivity index (χ2v) is 5.48. The van der Waals surface area contributed by atoms with Gasteiger partial charge in [-0.25, -0.2) is 4.98 Å². The van der Waals surface area contributed by atoms with E-state index in [4.69, 9.17) is 4.52 Å². The average molecular weight is 315 g/mol. The van der Waals surface area contributed by atoms with E-state index in [1.54, 1.807) is 6.92 Å². The number of imidazole rings is 1. The van der Waals surface area contributed by atoms with Crippen molar-refractivity contribution in [3.8, 4) is 0 Å². The van der Waals surface area contributed by atoms with Crippen LogP contribution in [0, 0.1) is 6.92 Å². The van der Waals surface area contributed by atoms with Crippen molar-refractivity contribution in [3.05, 3.63) is 29.4 Å². The number of nitrogens with one attached hydrogen (secondary N) is 1. The Morgan fingerprint density at radius 1 is 1.45 bits per heavy atom. The molecular weight excluding hydrogens is 299 g/mol.